The van der Waals surface area contributed by atoms with Gasteiger partial charge in [0.25, 0.3) is 11.8 Å². The first kappa shape index (κ1) is 23.7. The van der Waals surface area contributed by atoms with Gasteiger partial charge in [0.1, 0.15) is 6.54 Å². The lowest BCUT2D eigenvalue weighted by Crippen LogP contribution is -2.30. The Balaban J connectivity index is 1.91. The number of aliphatic carboxylic acids is 1. The molecular formula is C23H23N3O6S. The number of rotatable bonds is 7. The van der Waals surface area contributed by atoms with E-state index in [4.69, 9.17) is 5.11 Å². The van der Waals surface area contributed by atoms with E-state index in [1.165, 1.54) is 24.3 Å². The van der Waals surface area contributed by atoms with Crippen molar-refractivity contribution in [2.75, 3.05) is 18.1 Å². The first-order chi connectivity index (χ1) is 15.5. The van der Waals surface area contributed by atoms with Crippen LogP contribution in [-0.2, 0) is 14.6 Å². The van der Waals surface area contributed by atoms with Gasteiger partial charge in [-0.3, -0.25) is 14.4 Å². The van der Waals surface area contributed by atoms with Crippen molar-refractivity contribution < 1.29 is 27.9 Å². The van der Waals surface area contributed by atoms with E-state index >= 15 is 0 Å². The number of anilines is 1. The van der Waals surface area contributed by atoms with Gasteiger partial charge in [0, 0.05) is 23.3 Å². The molecule has 2 aromatic carbocycles. The molecule has 0 unspecified atom stereocenters. The molecule has 0 saturated carbocycles. The molecule has 9 nitrogen and oxygen atoms in total. The molecule has 1 heterocycles. The van der Waals surface area contributed by atoms with Crippen LogP contribution in [0.5, 0.6) is 0 Å². The summed E-state index contributed by atoms with van der Waals surface area (Å²) in [6.45, 7) is 3.01. The fourth-order valence-corrected chi connectivity index (χ4v) is 4.09. The van der Waals surface area contributed by atoms with E-state index in [-0.39, 0.29) is 10.5 Å². The number of nitrogens with zero attached hydrogens (tertiary/aromatic N) is 1. The number of hydrogen-bond acceptors (Lipinski definition) is 5. The number of sulfone groups is 1. The third kappa shape index (κ3) is 5.29. The maximum atomic E-state index is 12.9. The van der Waals surface area contributed by atoms with Gasteiger partial charge in [-0.25, -0.2) is 8.42 Å². The fraction of sp³-hybridized carbons (Fsp3) is 0.174. The normalized spacial score (nSPS) is 11.1. The Kier molecular flexibility index (Phi) is 6.68. The number of carbonyl (C=O) groups is 3. The summed E-state index contributed by atoms with van der Waals surface area (Å²) < 4.78 is 25.0. The molecular weight excluding hydrogens is 446 g/mol. The highest BCUT2D eigenvalue weighted by molar-refractivity contribution is 7.90. The van der Waals surface area contributed by atoms with Gasteiger partial charge in [0.05, 0.1) is 21.7 Å². The van der Waals surface area contributed by atoms with E-state index in [2.05, 4.69) is 10.6 Å². The average Bonchev–Trinajstić information content (AvgIpc) is 3.05. The standard InChI is InChI=1S/C23H23N3O6S/c1-14-12-19(23(30)25-16-8-10-17(11-9-16)33(3,31)32)15(2)26(14)20-7-5-4-6-18(20)22(29)24-13-21(27)28/h4-12H,13H2,1-3H3,(H,24,29)(H,25,30)(H,27,28). The number of amides is 2. The van der Waals surface area contributed by atoms with Crippen molar-refractivity contribution >= 4 is 33.3 Å². The van der Waals surface area contributed by atoms with Crippen molar-refractivity contribution in [1.82, 2.24) is 9.88 Å². The molecule has 0 atom stereocenters. The maximum Gasteiger partial charge on any atom is 0.322 e. The van der Waals surface area contributed by atoms with Crippen LogP contribution in [0.15, 0.2) is 59.5 Å². The highest BCUT2D eigenvalue weighted by atomic mass is 32.2. The Morgan fingerprint density at radius 1 is 0.939 bits per heavy atom. The second-order valence-electron chi connectivity index (χ2n) is 7.46. The van der Waals surface area contributed by atoms with E-state index in [1.54, 1.807) is 48.7 Å². The Bertz CT molecular complexity index is 1340. The van der Waals surface area contributed by atoms with Crippen LogP contribution in [0.2, 0.25) is 0 Å². The Morgan fingerprint density at radius 2 is 1.58 bits per heavy atom. The van der Waals surface area contributed by atoms with Crippen molar-refractivity contribution in [3.8, 4) is 5.69 Å². The minimum absolute atomic E-state index is 0.149. The van der Waals surface area contributed by atoms with Gasteiger partial charge < -0.3 is 20.3 Å². The van der Waals surface area contributed by atoms with Gasteiger partial charge in [-0.15, -0.1) is 0 Å². The number of para-hydroxylation sites is 1. The molecule has 2 amide bonds. The molecule has 0 aliphatic rings. The highest BCUT2D eigenvalue weighted by Crippen LogP contribution is 2.25. The molecule has 0 radical (unpaired) electrons. The first-order valence-electron chi connectivity index (χ1n) is 9.89. The summed E-state index contributed by atoms with van der Waals surface area (Å²) in [5, 5.41) is 13.9. The van der Waals surface area contributed by atoms with Gasteiger partial charge in [-0.2, -0.15) is 0 Å². The van der Waals surface area contributed by atoms with Crippen LogP contribution in [0.25, 0.3) is 5.69 Å². The first-order valence-corrected chi connectivity index (χ1v) is 11.8. The van der Waals surface area contributed by atoms with Gasteiger partial charge in [-0.1, -0.05) is 12.1 Å². The number of hydrogen-bond donors (Lipinski definition) is 3. The zero-order valence-electron chi connectivity index (χ0n) is 18.2. The predicted molar refractivity (Wildman–Crippen MR) is 123 cm³/mol. The fourth-order valence-electron chi connectivity index (χ4n) is 3.46. The minimum Gasteiger partial charge on any atom is -0.480 e. The topological polar surface area (TPSA) is 135 Å². The summed E-state index contributed by atoms with van der Waals surface area (Å²) >= 11 is 0. The second kappa shape index (κ2) is 9.29. The molecule has 3 rings (SSSR count). The summed E-state index contributed by atoms with van der Waals surface area (Å²) in [5.74, 6) is -2.09. The van der Waals surface area contributed by atoms with Crippen LogP contribution in [-0.4, -0.2) is 48.7 Å². The van der Waals surface area contributed by atoms with Crippen molar-refractivity contribution in [2.24, 2.45) is 0 Å². The lowest BCUT2D eigenvalue weighted by Gasteiger charge is -2.14. The molecule has 0 saturated heterocycles. The van der Waals surface area contributed by atoms with E-state index in [0.29, 0.717) is 28.3 Å². The smallest absolute Gasteiger partial charge is 0.322 e. The average molecular weight is 470 g/mol. The summed E-state index contributed by atoms with van der Waals surface area (Å²) in [5.41, 5.74) is 2.86. The van der Waals surface area contributed by atoms with Crippen molar-refractivity contribution in [3.05, 3.63) is 77.1 Å². The SMILES string of the molecule is Cc1cc(C(=O)Nc2ccc(S(C)(=O)=O)cc2)c(C)n1-c1ccccc1C(=O)NCC(=O)O. The molecule has 3 N–H and O–H groups in total. The van der Waals surface area contributed by atoms with Gasteiger partial charge in [0.2, 0.25) is 0 Å². The number of aromatic nitrogens is 1. The van der Waals surface area contributed by atoms with Gasteiger partial charge in [-0.05, 0) is 56.3 Å². The quantitative estimate of drug-likeness (QED) is 0.487. The monoisotopic (exact) mass is 469 g/mol. The number of benzene rings is 2. The van der Waals surface area contributed by atoms with Crippen LogP contribution >= 0.6 is 0 Å². The largest absolute Gasteiger partial charge is 0.480 e. The number of nitrogens with one attached hydrogen (secondary N) is 2. The van der Waals surface area contributed by atoms with Gasteiger partial charge >= 0.3 is 5.97 Å². The Hall–Kier alpha value is -3.92. The molecule has 1 aromatic heterocycles. The predicted octanol–water partition coefficient (Wildman–Crippen LogP) is 2.56. The molecule has 0 aliphatic carbocycles. The number of carbonyl (C=O) groups excluding carboxylic acids is 2. The molecule has 33 heavy (non-hydrogen) atoms. The van der Waals surface area contributed by atoms with E-state index in [0.717, 1.165) is 6.26 Å². The van der Waals surface area contributed by atoms with Crippen molar-refractivity contribution in [1.29, 1.82) is 0 Å². The molecule has 0 fully saturated rings. The van der Waals surface area contributed by atoms with E-state index in [1.807, 2.05) is 0 Å². The molecule has 3 aromatic rings. The van der Waals surface area contributed by atoms with Crippen LogP contribution in [0.3, 0.4) is 0 Å². The van der Waals surface area contributed by atoms with Crippen LogP contribution in [0.4, 0.5) is 5.69 Å². The summed E-state index contributed by atoms with van der Waals surface area (Å²) in [6, 6.07) is 14.2. The van der Waals surface area contributed by atoms with Crippen molar-refractivity contribution in [2.45, 2.75) is 18.7 Å². The zero-order valence-corrected chi connectivity index (χ0v) is 19.1. The lowest BCUT2D eigenvalue weighted by molar-refractivity contribution is -0.135. The lowest BCUT2D eigenvalue weighted by atomic mass is 10.1. The Morgan fingerprint density at radius 3 is 2.18 bits per heavy atom. The van der Waals surface area contributed by atoms with Crippen LogP contribution in [0, 0.1) is 13.8 Å². The number of aryl methyl sites for hydroxylation is 1. The van der Waals surface area contributed by atoms with E-state index < -0.39 is 34.2 Å². The highest BCUT2D eigenvalue weighted by Gasteiger charge is 2.21. The van der Waals surface area contributed by atoms with Crippen LogP contribution < -0.4 is 10.6 Å². The minimum atomic E-state index is -3.34. The second-order valence-corrected chi connectivity index (χ2v) is 9.48. The Labute approximate surface area is 191 Å². The zero-order chi connectivity index (χ0) is 24.3. The maximum absolute atomic E-state index is 12.9. The van der Waals surface area contributed by atoms with Crippen LogP contribution in [0.1, 0.15) is 32.1 Å². The molecule has 0 spiro atoms. The molecule has 10 heteroatoms. The summed E-state index contributed by atoms with van der Waals surface area (Å²) in [4.78, 5) is 36.4. The summed E-state index contributed by atoms with van der Waals surface area (Å²) in [6.07, 6.45) is 1.11. The molecule has 0 bridgehead atoms. The summed E-state index contributed by atoms with van der Waals surface area (Å²) in [7, 11) is -3.34. The number of carboxylic acids is 1. The number of carboxylic acid groups (broad SMARTS) is 1. The third-order valence-corrected chi connectivity index (χ3v) is 6.13. The van der Waals surface area contributed by atoms with Gasteiger partial charge in [0.15, 0.2) is 9.84 Å². The molecule has 0 aliphatic heterocycles. The third-order valence-electron chi connectivity index (χ3n) is 5.01. The van der Waals surface area contributed by atoms with Crippen molar-refractivity contribution in [3.63, 3.8) is 0 Å². The molecule has 172 valence electrons. The van der Waals surface area contributed by atoms with E-state index in [9.17, 15) is 22.8 Å².